The monoisotopic (exact) mass is 320 g/mol. The number of halogens is 1. The molecule has 118 valence electrons. The number of hydrogen-bond acceptors (Lipinski definition) is 2. The van der Waals surface area contributed by atoms with Crippen molar-refractivity contribution in [2.75, 3.05) is 26.2 Å². The Balaban J connectivity index is 1.64. The molecular formula is C18H23ClNO2+. The highest BCUT2D eigenvalue weighted by atomic mass is 35.5. The van der Waals surface area contributed by atoms with E-state index in [4.69, 9.17) is 21.1 Å². The van der Waals surface area contributed by atoms with Crippen LogP contribution in [0.3, 0.4) is 0 Å². The van der Waals surface area contributed by atoms with Gasteiger partial charge in [-0.15, -0.1) is 0 Å². The number of ether oxygens (including phenoxy) is 2. The second-order valence-corrected chi connectivity index (χ2v) is 6.51. The molecule has 3 atom stereocenters. The van der Waals surface area contributed by atoms with E-state index in [9.17, 15) is 0 Å². The van der Waals surface area contributed by atoms with Crippen molar-refractivity contribution in [3.8, 4) is 5.75 Å². The first kappa shape index (κ1) is 15.6. The highest BCUT2D eigenvalue weighted by molar-refractivity contribution is 6.35. The summed E-state index contributed by atoms with van der Waals surface area (Å²) in [6.07, 6.45) is 0.658. The van der Waals surface area contributed by atoms with Gasteiger partial charge in [-0.05, 0) is 26.0 Å². The summed E-state index contributed by atoms with van der Waals surface area (Å²) in [7, 11) is 0. The first-order valence-corrected chi connectivity index (χ1v) is 8.30. The molecule has 1 N–H and O–H groups in total. The molecule has 0 aromatic heterocycles. The van der Waals surface area contributed by atoms with E-state index in [0.29, 0.717) is 18.8 Å². The lowest BCUT2D eigenvalue weighted by Crippen LogP contribution is -3.16. The van der Waals surface area contributed by atoms with Crippen LogP contribution in [0.1, 0.15) is 13.8 Å². The number of fused-ring (bicyclic) bond motifs is 1. The maximum Gasteiger partial charge on any atom is 0.137 e. The Bertz CT molecular complexity index is 636. The molecule has 0 aliphatic carbocycles. The molecule has 2 aromatic carbocycles. The van der Waals surface area contributed by atoms with Gasteiger partial charge in [0.1, 0.15) is 44.2 Å². The Labute approximate surface area is 136 Å². The fourth-order valence-corrected chi connectivity index (χ4v) is 3.49. The van der Waals surface area contributed by atoms with Gasteiger partial charge in [-0.25, -0.2) is 0 Å². The summed E-state index contributed by atoms with van der Waals surface area (Å²) in [5, 5.41) is 2.89. The zero-order chi connectivity index (χ0) is 15.5. The summed E-state index contributed by atoms with van der Waals surface area (Å²) in [6.45, 7) is 8.09. The van der Waals surface area contributed by atoms with Gasteiger partial charge in [0.2, 0.25) is 0 Å². The molecular weight excluding hydrogens is 298 g/mol. The minimum Gasteiger partial charge on any atom is -0.487 e. The molecule has 3 rings (SSSR count). The molecule has 0 amide bonds. The molecule has 0 saturated carbocycles. The zero-order valence-corrected chi connectivity index (χ0v) is 13.9. The van der Waals surface area contributed by atoms with Crippen LogP contribution in [-0.4, -0.2) is 38.4 Å². The molecule has 1 aliphatic heterocycles. The molecule has 1 unspecified atom stereocenters. The topological polar surface area (TPSA) is 22.9 Å². The molecule has 1 aliphatic rings. The molecule has 1 heterocycles. The lowest BCUT2D eigenvalue weighted by atomic mass is 10.1. The Morgan fingerprint density at radius 1 is 1.09 bits per heavy atom. The van der Waals surface area contributed by atoms with E-state index in [1.165, 1.54) is 0 Å². The largest absolute Gasteiger partial charge is 0.487 e. The number of benzene rings is 2. The van der Waals surface area contributed by atoms with Crippen molar-refractivity contribution in [1.29, 1.82) is 0 Å². The maximum atomic E-state index is 6.24. The van der Waals surface area contributed by atoms with Gasteiger partial charge in [0.25, 0.3) is 0 Å². The summed E-state index contributed by atoms with van der Waals surface area (Å²) in [5.41, 5.74) is 0. The van der Waals surface area contributed by atoms with E-state index >= 15 is 0 Å². The Morgan fingerprint density at radius 3 is 2.50 bits per heavy atom. The van der Waals surface area contributed by atoms with Crippen molar-refractivity contribution >= 4 is 22.4 Å². The van der Waals surface area contributed by atoms with Crippen LogP contribution in [-0.2, 0) is 4.74 Å². The average Bonchev–Trinajstić information content (AvgIpc) is 2.49. The lowest BCUT2D eigenvalue weighted by molar-refractivity contribution is -0.915. The van der Waals surface area contributed by atoms with Gasteiger partial charge in [-0.1, -0.05) is 35.9 Å². The van der Waals surface area contributed by atoms with Gasteiger partial charge >= 0.3 is 0 Å². The van der Waals surface area contributed by atoms with Crippen LogP contribution in [0.25, 0.3) is 10.8 Å². The number of quaternary nitrogens is 1. The Morgan fingerprint density at radius 2 is 1.77 bits per heavy atom. The van der Waals surface area contributed by atoms with Crippen molar-refractivity contribution in [2.24, 2.45) is 0 Å². The van der Waals surface area contributed by atoms with Crippen LogP contribution in [0.5, 0.6) is 5.75 Å². The van der Waals surface area contributed by atoms with Crippen molar-refractivity contribution in [3.05, 3.63) is 41.4 Å². The quantitative estimate of drug-likeness (QED) is 0.935. The summed E-state index contributed by atoms with van der Waals surface area (Å²) < 4.78 is 11.8. The summed E-state index contributed by atoms with van der Waals surface area (Å²) in [6, 6.07) is 12.0. The second kappa shape index (κ2) is 6.86. The molecule has 0 bridgehead atoms. The summed E-state index contributed by atoms with van der Waals surface area (Å²) in [4.78, 5) is 1.55. The molecule has 1 fully saturated rings. The Kier molecular flexibility index (Phi) is 4.87. The SMILES string of the molecule is C[C@@H]1C[NH+](CCOc2ccc(Cl)c3ccccc23)C[C@H](C)O1. The molecule has 22 heavy (non-hydrogen) atoms. The predicted octanol–water partition coefficient (Wildman–Crippen LogP) is 2.56. The smallest absolute Gasteiger partial charge is 0.137 e. The number of hydrogen-bond donors (Lipinski definition) is 1. The van der Waals surface area contributed by atoms with Crippen LogP contribution in [0.15, 0.2) is 36.4 Å². The molecule has 4 heteroatoms. The molecule has 0 spiro atoms. The van der Waals surface area contributed by atoms with E-state index in [0.717, 1.165) is 41.2 Å². The van der Waals surface area contributed by atoms with E-state index in [1.54, 1.807) is 4.90 Å². The van der Waals surface area contributed by atoms with E-state index in [1.807, 2.05) is 30.3 Å². The minimum absolute atomic E-state index is 0.329. The summed E-state index contributed by atoms with van der Waals surface area (Å²) in [5.74, 6) is 0.911. The zero-order valence-electron chi connectivity index (χ0n) is 13.1. The van der Waals surface area contributed by atoms with E-state index in [-0.39, 0.29) is 0 Å². The number of nitrogens with one attached hydrogen (secondary N) is 1. The summed E-state index contributed by atoms with van der Waals surface area (Å²) >= 11 is 6.24. The third-order valence-corrected chi connectivity index (χ3v) is 4.49. The average molecular weight is 321 g/mol. The first-order chi connectivity index (χ1) is 10.6. The van der Waals surface area contributed by atoms with Crippen LogP contribution in [0.4, 0.5) is 0 Å². The lowest BCUT2D eigenvalue weighted by Gasteiger charge is -2.32. The van der Waals surface area contributed by atoms with Crippen molar-refractivity contribution in [3.63, 3.8) is 0 Å². The fraction of sp³-hybridized carbons (Fsp3) is 0.444. The minimum atomic E-state index is 0.329. The van der Waals surface area contributed by atoms with Crippen molar-refractivity contribution in [1.82, 2.24) is 0 Å². The highest BCUT2D eigenvalue weighted by Crippen LogP contribution is 2.31. The molecule has 1 saturated heterocycles. The van der Waals surface area contributed by atoms with Crippen LogP contribution >= 0.6 is 11.6 Å². The number of rotatable bonds is 4. The van der Waals surface area contributed by atoms with E-state index < -0.39 is 0 Å². The van der Waals surface area contributed by atoms with Gasteiger partial charge in [-0.3, -0.25) is 0 Å². The van der Waals surface area contributed by atoms with Crippen LogP contribution < -0.4 is 9.64 Å². The Hall–Kier alpha value is -1.29. The first-order valence-electron chi connectivity index (χ1n) is 7.92. The standard InChI is InChI=1S/C18H22ClNO2/c1-13-11-20(12-14(2)22-13)9-10-21-18-8-7-17(19)15-5-3-4-6-16(15)18/h3-8,13-14H,9-12H2,1-2H3/p+1/t13-,14+. The molecule has 3 nitrogen and oxygen atoms in total. The third kappa shape index (κ3) is 3.54. The van der Waals surface area contributed by atoms with E-state index in [2.05, 4.69) is 19.9 Å². The maximum absolute atomic E-state index is 6.24. The van der Waals surface area contributed by atoms with Crippen LogP contribution in [0, 0.1) is 0 Å². The number of morpholine rings is 1. The third-order valence-electron chi connectivity index (χ3n) is 4.16. The predicted molar refractivity (Wildman–Crippen MR) is 90.0 cm³/mol. The van der Waals surface area contributed by atoms with Gasteiger partial charge in [0.15, 0.2) is 0 Å². The van der Waals surface area contributed by atoms with Gasteiger partial charge in [-0.2, -0.15) is 0 Å². The second-order valence-electron chi connectivity index (χ2n) is 6.11. The van der Waals surface area contributed by atoms with Crippen molar-refractivity contribution < 1.29 is 14.4 Å². The molecule has 2 aromatic rings. The van der Waals surface area contributed by atoms with Crippen LogP contribution in [0.2, 0.25) is 5.02 Å². The molecule has 0 radical (unpaired) electrons. The fourth-order valence-electron chi connectivity index (χ4n) is 3.26. The normalized spacial score (nSPS) is 25.3. The van der Waals surface area contributed by atoms with Crippen molar-refractivity contribution in [2.45, 2.75) is 26.1 Å². The van der Waals surface area contributed by atoms with Gasteiger partial charge < -0.3 is 14.4 Å². The highest BCUT2D eigenvalue weighted by Gasteiger charge is 2.25. The van der Waals surface area contributed by atoms with Gasteiger partial charge in [0, 0.05) is 15.8 Å². The van der Waals surface area contributed by atoms with Gasteiger partial charge in [0.05, 0.1) is 0 Å².